The Bertz CT molecular complexity index is 1190. The zero-order valence-corrected chi connectivity index (χ0v) is 19.7. The second-order valence-electron chi connectivity index (χ2n) is 7.66. The molecule has 3 aromatic rings. The Hall–Kier alpha value is -3.03. The Labute approximate surface area is 202 Å². The molecule has 0 spiro atoms. The van der Waals surface area contributed by atoms with E-state index in [4.69, 9.17) is 27.9 Å². The van der Waals surface area contributed by atoms with E-state index in [9.17, 15) is 9.59 Å². The molecular formula is C24H24Cl2N4O3. The van der Waals surface area contributed by atoms with E-state index in [1.807, 2.05) is 43.3 Å². The number of rotatable bonds is 6. The summed E-state index contributed by atoms with van der Waals surface area (Å²) in [7, 11) is 0. The van der Waals surface area contributed by atoms with Crippen LogP contribution in [0.2, 0.25) is 10.0 Å². The highest BCUT2D eigenvalue weighted by Gasteiger charge is 2.22. The maximum Gasteiger partial charge on any atom is 0.254 e. The molecule has 0 atom stereocenters. The lowest BCUT2D eigenvalue weighted by Crippen LogP contribution is -2.50. The molecule has 0 N–H and O–H groups in total. The Morgan fingerprint density at radius 3 is 2.36 bits per heavy atom. The zero-order chi connectivity index (χ0) is 23.4. The monoisotopic (exact) mass is 486 g/mol. The van der Waals surface area contributed by atoms with Crippen molar-refractivity contribution in [1.82, 2.24) is 14.5 Å². The summed E-state index contributed by atoms with van der Waals surface area (Å²) in [4.78, 5) is 33.7. The van der Waals surface area contributed by atoms with Crippen LogP contribution in [0.3, 0.4) is 0 Å². The van der Waals surface area contributed by atoms with E-state index in [0.29, 0.717) is 48.5 Å². The van der Waals surface area contributed by atoms with Crippen LogP contribution in [0, 0.1) is 0 Å². The summed E-state index contributed by atoms with van der Waals surface area (Å²) in [6.45, 7) is 4.94. The van der Waals surface area contributed by atoms with Gasteiger partial charge in [0.05, 0.1) is 28.7 Å². The van der Waals surface area contributed by atoms with Crippen molar-refractivity contribution in [1.29, 1.82) is 0 Å². The molecule has 2 heterocycles. The Morgan fingerprint density at radius 2 is 1.73 bits per heavy atom. The van der Waals surface area contributed by atoms with E-state index in [-0.39, 0.29) is 18.0 Å². The molecule has 2 aromatic carbocycles. The molecule has 7 nitrogen and oxygen atoms in total. The first kappa shape index (κ1) is 23.1. The number of carbonyl (C=O) groups excluding carboxylic acids is 1. The predicted octanol–water partition coefficient (Wildman–Crippen LogP) is 3.96. The summed E-state index contributed by atoms with van der Waals surface area (Å²) >= 11 is 12.1. The Morgan fingerprint density at radius 1 is 1.00 bits per heavy atom. The number of nitrogens with zero attached hydrogens (tertiary/aromatic N) is 4. The SMILES string of the molecule is CCOc1ccc(-c2cc(=O)n(CC(=O)N3CCN(c4ccc(Cl)c(Cl)c4)CC3)cn2)cc1. The van der Waals surface area contributed by atoms with Crippen LogP contribution in [0.15, 0.2) is 59.7 Å². The van der Waals surface area contributed by atoms with Crippen molar-refractivity contribution >= 4 is 34.8 Å². The minimum atomic E-state index is -0.267. The number of piperazine rings is 1. The lowest BCUT2D eigenvalue weighted by molar-refractivity contribution is -0.132. The van der Waals surface area contributed by atoms with Gasteiger partial charge in [-0.15, -0.1) is 0 Å². The topological polar surface area (TPSA) is 67.7 Å². The summed E-state index contributed by atoms with van der Waals surface area (Å²) in [5, 5.41) is 1.02. The van der Waals surface area contributed by atoms with Crippen molar-refractivity contribution in [2.24, 2.45) is 0 Å². The van der Waals surface area contributed by atoms with Gasteiger partial charge in [-0.3, -0.25) is 14.2 Å². The molecule has 0 bridgehead atoms. The molecule has 4 rings (SSSR count). The molecule has 1 saturated heterocycles. The summed E-state index contributed by atoms with van der Waals surface area (Å²) in [6.07, 6.45) is 1.43. The van der Waals surface area contributed by atoms with Crippen molar-refractivity contribution in [3.05, 3.63) is 75.3 Å². The zero-order valence-electron chi connectivity index (χ0n) is 18.2. The minimum Gasteiger partial charge on any atom is -0.494 e. The van der Waals surface area contributed by atoms with Gasteiger partial charge in [-0.25, -0.2) is 4.98 Å². The van der Waals surface area contributed by atoms with Gasteiger partial charge in [0.25, 0.3) is 5.56 Å². The number of hydrogen-bond donors (Lipinski definition) is 0. The van der Waals surface area contributed by atoms with Gasteiger partial charge in [-0.1, -0.05) is 23.2 Å². The normalized spacial score (nSPS) is 13.8. The largest absolute Gasteiger partial charge is 0.494 e. The molecule has 0 aliphatic carbocycles. The molecule has 0 saturated carbocycles. The van der Waals surface area contributed by atoms with Crippen molar-refractivity contribution < 1.29 is 9.53 Å². The van der Waals surface area contributed by atoms with Crippen molar-refractivity contribution in [3.63, 3.8) is 0 Å². The van der Waals surface area contributed by atoms with Crippen LogP contribution in [0.5, 0.6) is 5.75 Å². The molecule has 172 valence electrons. The number of aromatic nitrogens is 2. The maximum absolute atomic E-state index is 12.8. The van der Waals surface area contributed by atoms with Crippen molar-refractivity contribution in [3.8, 4) is 17.0 Å². The lowest BCUT2D eigenvalue weighted by atomic mass is 10.1. The molecule has 0 unspecified atom stereocenters. The van der Waals surface area contributed by atoms with Crippen molar-refractivity contribution in [2.75, 3.05) is 37.7 Å². The fraction of sp³-hybridized carbons (Fsp3) is 0.292. The maximum atomic E-state index is 12.8. The molecule has 1 fully saturated rings. The molecule has 9 heteroatoms. The van der Waals surface area contributed by atoms with Crippen LogP contribution in [0.1, 0.15) is 6.92 Å². The van der Waals surface area contributed by atoms with Gasteiger partial charge in [0, 0.05) is 43.5 Å². The number of carbonyl (C=O) groups is 1. The van der Waals surface area contributed by atoms with Crippen LogP contribution < -0.4 is 15.2 Å². The van der Waals surface area contributed by atoms with Gasteiger partial charge < -0.3 is 14.5 Å². The minimum absolute atomic E-state index is 0.0395. The van der Waals surface area contributed by atoms with Crippen LogP contribution in [-0.2, 0) is 11.3 Å². The smallest absolute Gasteiger partial charge is 0.254 e. The average molecular weight is 487 g/mol. The van der Waals surface area contributed by atoms with Crippen molar-refractivity contribution in [2.45, 2.75) is 13.5 Å². The first-order valence-electron chi connectivity index (χ1n) is 10.7. The molecule has 1 aliphatic rings. The first-order chi connectivity index (χ1) is 15.9. The number of amides is 1. The van der Waals surface area contributed by atoms with Gasteiger partial charge in [-0.2, -0.15) is 0 Å². The highest BCUT2D eigenvalue weighted by molar-refractivity contribution is 6.42. The second-order valence-corrected chi connectivity index (χ2v) is 8.48. The number of benzene rings is 2. The van der Waals surface area contributed by atoms with E-state index in [1.165, 1.54) is 17.0 Å². The molecule has 0 radical (unpaired) electrons. The first-order valence-corrected chi connectivity index (χ1v) is 11.5. The van der Waals surface area contributed by atoms with Gasteiger partial charge in [0.1, 0.15) is 12.3 Å². The highest BCUT2D eigenvalue weighted by Crippen LogP contribution is 2.27. The number of ether oxygens (including phenoxy) is 1. The number of halogens is 2. The summed E-state index contributed by atoms with van der Waals surface area (Å²) in [6, 6.07) is 14.4. The summed E-state index contributed by atoms with van der Waals surface area (Å²) < 4.78 is 6.78. The van der Waals surface area contributed by atoms with Gasteiger partial charge >= 0.3 is 0 Å². The average Bonchev–Trinajstić information content (AvgIpc) is 2.83. The molecular weight excluding hydrogens is 463 g/mol. The van der Waals surface area contributed by atoms with Gasteiger partial charge in [0.2, 0.25) is 5.91 Å². The quantitative estimate of drug-likeness (QED) is 0.527. The van der Waals surface area contributed by atoms with E-state index < -0.39 is 0 Å². The van der Waals surface area contributed by atoms with Crippen LogP contribution in [-0.4, -0.2) is 53.1 Å². The van der Waals surface area contributed by atoms with Crippen LogP contribution >= 0.6 is 23.2 Å². The standard InChI is InChI=1S/C24H24Cl2N4O3/c1-2-33-19-6-3-17(4-7-19)22-14-23(31)30(16-27-22)15-24(32)29-11-9-28(10-12-29)18-5-8-20(25)21(26)13-18/h3-8,13-14,16H,2,9-12,15H2,1H3. The third kappa shape index (κ3) is 5.49. The third-order valence-corrected chi connectivity index (χ3v) is 6.29. The predicted molar refractivity (Wildman–Crippen MR) is 130 cm³/mol. The lowest BCUT2D eigenvalue weighted by Gasteiger charge is -2.36. The molecule has 33 heavy (non-hydrogen) atoms. The fourth-order valence-corrected chi connectivity index (χ4v) is 4.02. The summed E-state index contributed by atoms with van der Waals surface area (Å²) in [5.41, 5.74) is 2.08. The third-order valence-electron chi connectivity index (χ3n) is 5.55. The van der Waals surface area contributed by atoms with Crippen LogP contribution in [0.25, 0.3) is 11.3 Å². The Kier molecular flexibility index (Phi) is 7.20. The van der Waals surface area contributed by atoms with E-state index in [2.05, 4.69) is 9.88 Å². The fourth-order valence-electron chi connectivity index (χ4n) is 3.73. The summed E-state index contributed by atoms with van der Waals surface area (Å²) in [5.74, 6) is 0.654. The molecule has 1 aliphatic heterocycles. The van der Waals surface area contributed by atoms with E-state index in [0.717, 1.165) is 17.0 Å². The Balaban J connectivity index is 1.36. The second kappa shape index (κ2) is 10.3. The van der Waals surface area contributed by atoms with Crippen LogP contribution in [0.4, 0.5) is 5.69 Å². The van der Waals surface area contributed by atoms with Gasteiger partial charge in [-0.05, 0) is 49.4 Å². The number of hydrogen-bond acceptors (Lipinski definition) is 5. The molecule has 1 aromatic heterocycles. The van der Waals surface area contributed by atoms with Gasteiger partial charge in [0.15, 0.2) is 0 Å². The van der Waals surface area contributed by atoms with E-state index in [1.54, 1.807) is 11.0 Å². The highest BCUT2D eigenvalue weighted by atomic mass is 35.5. The van der Waals surface area contributed by atoms with E-state index >= 15 is 0 Å². The molecule has 1 amide bonds. The number of anilines is 1.